The molecule has 43 heavy (non-hydrogen) atoms. The Morgan fingerprint density at radius 1 is 1.12 bits per heavy atom. The van der Waals surface area contributed by atoms with Gasteiger partial charge in [0.1, 0.15) is 0 Å². The molecule has 2 aliphatic heterocycles. The number of hydrogen-bond acceptors (Lipinski definition) is 5. The van der Waals surface area contributed by atoms with Crippen molar-refractivity contribution in [1.82, 2.24) is 34.6 Å². The normalized spacial score (nSPS) is 23.9. The van der Waals surface area contributed by atoms with Gasteiger partial charge in [-0.05, 0) is 68.2 Å². The summed E-state index contributed by atoms with van der Waals surface area (Å²) in [6.07, 6.45) is 7.34. The second-order valence-electron chi connectivity index (χ2n) is 13.7. The van der Waals surface area contributed by atoms with Gasteiger partial charge in [0, 0.05) is 49.1 Å². The number of piperidine rings is 2. The number of carbonyl (C=O) groups is 1. The molecule has 11 heteroatoms. The van der Waals surface area contributed by atoms with Crippen molar-refractivity contribution in [2.24, 2.45) is 17.3 Å². The summed E-state index contributed by atoms with van der Waals surface area (Å²) in [5, 5.41) is 13.6. The van der Waals surface area contributed by atoms with Crippen molar-refractivity contribution in [2.45, 2.75) is 78.2 Å². The van der Waals surface area contributed by atoms with Gasteiger partial charge in [0.05, 0.1) is 41.9 Å². The molecule has 0 N–H and O–H groups in total. The number of rotatable bonds is 8. The smallest absolute Gasteiger partial charge is 0.269 e. The molecule has 8 nitrogen and oxygen atoms in total. The molecule has 1 saturated carbocycles. The molecule has 2 unspecified atom stereocenters. The molecule has 232 valence electrons. The van der Waals surface area contributed by atoms with Crippen molar-refractivity contribution < 1.29 is 13.6 Å². The first-order chi connectivity index (χ1) is 20.4. The maximum atomic E-state index is 15.5. The molecule has 3 fully saturated rings. The second kappa shape index (κ2) is 11.6. The predicted octanol–water partition coefficient (Wildman–Crippen LogP) is 6.01. The standard InChI is InChI=1S/C32H42ClF2N7O/c1-21-5-8-26(15-28(21)33)42-29(23-6-7-23)27(16-36-42)30(43)40-14-10-24(32(34,35)20-40)17-41-18-25(37-38-41)11-13-39-12-9-22(2)31(3,4)19-39/h5,8,15-16,18,22-24H,6-7,9-14,17,19-20H2,1-4H3. The van der Waals surface area contributed by atoms with E-state index in [1.54, 1.807) is 15.6 Å². The zero-order valence-electron chi connectivity index (χ0n) is 25.6. The van der Waals surface area contributed by atoms with Crippen molar-refractivity contribution >= 4 is 17.5 Å². The Balaban J connectivity index is 1.08. The number of likely N-dealkylation sites (tertiary alicyclic amines) is 2. The summed E-state index contributed by atoms with van der Waals surface area (Å²) in [4.78, 5) is 17.4. The lowest BCUT2D eigenvalue weighted by Gasteiger charge is -2.43. The highest BCUT2D eigenvalue weighted by molar-refractivity contribution is 6.31. The third kappa shape index (κ3) is 6.36. The number of aryl methyl sites for hydroxylation is 1. The van der Waals surface area contributed by atoms with Gasteiger partial charge < -0.3 is 9.80 Å². The van der Waals surface area contributed by atoms with Crippen molar-refractivity contribution in [3.8, 4) is 5.69 Å². The summed E-state index contributed by atoms with van der Waals surface area (Å²) < 4.78 is 34.3. The van der Waals surface area contributed by atoms with Gasteiger partial charge in [0.25, 0.3) is 11.8 Å². The molecule has 0 bridgehead atoms. The van der Waals surface area contributed by atoms with Gasteiger partial charge in [0.15, 0.2) is 0 Å². The van der Waals surface area contributed by atoms with Crippen LogP contribution in [0.2, 0.25) is 5.02 Å². The average molecular weight is 614 g/mol. The number of alkyl halides is 2. The fraction of sp³-hybridized carbons (Fsp3) is 0.625. The highest BCUT2D eigenvalue weighted by atomic mass is 35.5. The lowest BCUT2D eigenvalue weighted by molar-refractivity contribution is -0.108. The maximum Gasteiger partial charge on any atom is 0.269 e. The van der Waals surface area contributed by atoms with Crippen LogP contribution in [0.3, 0.4) is 0 Å². The van der Waals surface area contributed by atoms with Crippen LogP contribution in [-0.4, -0.2) is 79.1 Å². The number of halogens is 3. The second-order valence-corrected chi connectivity index (χ2v) is 14.1. The Morgan fingerprint density at radius 3 is 2.60 bits per heavy atom. The molecular weight excluding hydrogens is 572 g/mol. The molecule has 6 rings (SSSR count). The SMILES string of the molecule is Cc1ccc(-n2ncc(C(=O)N3CCC(Cn4cc(CCN5CCC(C)C(C)(C)C5)nn4)C(F)(F)C3)c2C2CC2)cc1Cl. The first-order valence-electron chi connectivity index (χ1n) is 15.5. The van der Waals surface area contributed by atoms with E-state index in [0.717, 1.165) is 61.5 Å². The molecule has 0 radical (unpaired) electrons. The van der Waals surface area contributed by atoms with Crippen LogP contribution in [0.1, 0.15) is 79.7 Å². The molecule has 2 atom stereocenters. The third-order valence-corrected chi connectivity index (χ3v) is 10.4. The molecule has 2 aromatic heterocycles. The van der Waals surface area contributed by atoms with Crippen LogP contribution < -0.4 is 0 Å². The van der Waals surface area contributed by atoms with Crippen molar-refractivity contribution in [3.63, 3.8) is 0 Å². The highest BCUT2D eigenvalue weighted by Crippen LogP contribution is 2.43. The molecule has 1 aliphatic carbocycles. The summed E-state index contributed by atoms with van der Waals surface area (Å²) in [6, 6.07) is 5.66. The highest BCUT2D eigenvalue weighted by Gasteiger charge is 2.47. The van der Waals surface area contributed by atoms with E-state index in [0.29, 0.717) is 16.5 Å². The first kappa shape index (κ1) is 30.2. The molecule has 1 amide bonds. The summed E-state index contributed by atoms with van der Waals surface area (Å²) in [5.41, 5.74) is 4.01. The van der Waals surface area contributed by atoms with E-state index in [1.165, 1.54) is 17.5 Å². The van der Waals surface area contributed by atoms with Crippen molar-refractivity contribution in [1.29, 1.82) is 0 Å². The largest absolute Gasteiger partial charge is 0.332 e. The molecule has 0 spiro atoms. The van der Waals surface area contributed by atoms with Crippen LogP contribution in [0, 0.1) is 24.2 Å². The molecular formula is C32H42ClF2N7O. The van der Waals surface area contributed by atoms with Crippen molar-refractivity contribution in [2.75, 3.05) is 32.7 Å². The van der Waals surface area contributed by atoms with Gasteiger partial charge in [-0.2, -0.15) is 5.10 Å². The Kier molecular flexibility index (Phi) is 8.13. The van der Waals surface area contributed by atoms with E-state index >= 15 is 8.78 Å². The summed E-state index contributed by atoms with van der Waals surface area (Å²) in [6.45, 7) is 11.6. The van der Waals surface area contributed by atoms with E-state index in [2.05, 4.69) is 41.1 Å². The van der Waals surface area contributed by atoms with E-state index in [4.69, 9.17) is 11.6 Å². The molecule has 3 aromatic rings. The van der Waals surface area contributed by atoms with Gasteiger partial charge in [-0.1, -0.05) is 43.7 Å². The van der Waals surface area contributed by atoms with Gasteiger partial charge in [0.2, 0.25) is 0 Å². The minimum atomic E-state index is -3.05. The molecule has 4 heterocycles. The Morgan fingerprint density at radius 2 is 1.91 bits per heavy atom. The maximum absolute atomic E-state index is 15.5. The first-order valence-corrected chi connectivity index (χ1v) is 15.9. The fourth-order valence-electron chi connectivity index (χ4n) is 6.56. The predicted molar refractivity (Wildman–Crippen MR) is 162 cm³/mol. The Bertz CT molecular complexity index is 1480. The van der Waals surface area contributed by atoms with E-state index < -0.39 is 18.4 Å². The van der Waals surface area contributed by atoms with E-state index in [1.807, 2.05) is 25.1 Å². The fourth-order valence-corrected chi connectivity index (χ4v) is 6.73. The van der Waals surface area contributed by atoms with Crippen LogP contribution in [0.5, 0.6) is 0 Å². The topological polar surface area (TPSA) is 72.1 Å². The van der Waals surface area contributed by atoms with Crippen LogP contribution in [0.15, 0.2) is 30.6 Å². The third-order valence-electron chi connectivity index (χ3n) is 9.96. The number of benzene rings is 1. The number of aromatic nitrogens is 5. The monoisotopic (exact) mass is 613 g/mol. The van der Waals surface area contributed by atoms with Gasteiger partial charge in [-0.15, -0.1) is 5.10 Å². The van der Waals surface area contributed by atoms with Gasteiger partial charge in [-0.25, -0.2) is 13.5 Å². The van der Waals surface area contributed by atoms with Crippen LogP contribution in [0.4, 0.5) is 8.78 Å². The number of carbonyl (C=O) groups excluding carboxylic acids is 1. The number of nitrogens with zero attached hydrogens (tertiary/aromatic N) is 7. The average Bonchev–Trinajstić information content (AvgIpc) is 3.53. The Hall–Kier alpha value is -2.85. The van der Waals surface area contributed by atoms with E-state index in [9.17, 15) is 4.79 Å². The number of amides is 1. The zero-order chi connectivity index (χ0) is 30.5. The van der Waals surface area contributed by atoms with Crippen LogP contribution >= 0.6 is 11.6 Å². The van der Waals surface area contributed by atoms with Gasteiger partial charge in [-0.3, -0.25) is 9.48 Å². The van der Waals surface area contributed by atoms with E-state index in [-0.39, 0.29) is 36.8 Å². The number of hydrogen-bond donors (Lipinski definition) is 0. The minimum absolute atomic E-state index is 0.0791. The summed E-state index contributed by atoms with van der Waals surface area (Å²) in [5.74, 6) is -3.47. The molecule has 3 aliphatic rings. The quantitative estimate of drug-likeness (QED) is 0.311. The minimum Gasteiger partial charge on any atom is -0.332 e. The van der Waals surface area contributed by atoms with Crippen LogP contribution in [0.25, 0.3) is 5.69 Å². The van der Waals surface area contributed by atoms with Crippen molar-refractivity contribution in [3.05, 3.63) is 58.1 Å². The van der Waals surface area contributed by atoms with Gasteiger partial charge >= 0.3 is 0 Å². The molecule has 2 saturated heterocycles. The summed E-state index contributed by atoms with van der Waals surface area (Å²) in [7, 11) is 0. The molecule has 1 aromatic carbocycles. The zero-order valence-corrected chi connectivity index (χ0v) is 26.3. The summed E-state index contributed by atoms with van der Waals surface area (Å²) >= 11 is 6.36. The van der Waals surface area contributed by atoms with Crippen LogP contribution in [-0.2, 0) is 13.0 Å². The lowest BCUT2D eigenvalue weighted by atomic mass is 9.75. The Labute approximate surface area is 257 Å². The lowest BCUT2D eigenvalue weighted by Crippen LogP contribution is -2.51.